The number of nitrogens with zero attached hydrogens (tertiary/aromatic N) is 1. The summed E-state index contributed by atoms with van der Waals surface area (Å²) in [4.78, 5) is 2.06. The lowest BCUT2D eigenvalue weighted by atomic mass is 10.1. The van der Waals surface area contributed by atoms with Gasteiger partial charge in [0.1, 0.15) is 24.2 Å². The van der Waals surface area contributed by atoms with Gasteiger partial charge < -0.3 is 14.6 Å². The molecule has 2 atom stereocenters. The summed E-state index contributed by atoms with van der Waals surface area (Å²) in [6.07, 6.45) is 0.797. The highest BCUT2D eigenvalue weighted by molar-refractivity contribution is 9.10. The number of rotatable bonds is 11. The highest BCUT2D eigenvalue weighted by atomic mass is 79.9. The lowest BCUT2D eigenvalue weighted by Gasteiger charge is -2.30. The molecule has 3 rings (SSSR count). The largest absolute Gasteiger partial charge is 0.494 e. The number of hydrogen-bond acceptors (Lipinski definition) is 6. The van der Waals surface area contributed by atoms with Gasteiger partial charge in [0.05, 0.1) is 18.1 Å². The minimum Gasteiger partial charge on any atom is -0.494 e. The van der Waals surface area contributed by atoms with Gasteiger partial charge in [0.25, 0.3) is 0 Å². The summed E-state index contributed by atoms with van der Waals surface area (Å²) in [5.41, 5.74) is 1.05. The van der Waals surface area contributed by atoms with Gasteiger partial charge in [0, 0.05) is 23.6 Å². The van der Waals surface area contributed by atoms with Gasteiger partial charge in [0.15, 0.2) is 9.84 Å². The number of aliphatic hydroxyl groups is 1. The fourth-order valence-electron chi connectivity index (χ4n) is 3.60. The first-order valence-electron chi connectivity index (χ1n) is 10.6. The fourth-order valence-corrected chi connectivity index (χ4v) is 5.62. The average Bonchev–Trinajstić information content (AvgIpc) is 3.12. The Balaban J connectivity index is 1.62. The molecule has 1 heterocycles. The molecule has 0 aliphatic carbocycles. The number of sulfone groups is 1. The number of hydrogen-bond donors (Lipinski definition) is 1. The summed E-state index contributed by atoms with van der Waals surface area (Å²) in [6, 6.07) is 15.2. The van der Waals surface area contributed by atoms with Crippen LogP contribution < -0.4 is 9.47 Å². The lowest BCUT2D eigenvalue weighted by molar-refractivity contribution is 0.0524. The van der Waals surface area contributed by atoms with Crippen molar-refractivity contribution in [3.05, 3.63) is 58.6 Å². The van der Waals surface area contributed by atoms with E-state index in [4.69, 9.17) is 9.47 Å². The van der Waals surface area contributed by atoms with Crippen LogP contribution >= 0.6 is 15.9 Å². The van der Waals surface area contributed by atoms with E-state index in [-0.39, 0.29) is 24.2 Å². The Hall–Kier alpha value is -1.61. The Morgan fingerprint density at radius 1 is 1.10 bits per heavy atom. The van der Waals surface area contributed by atoms with E-state index in [9.17, 15) is 13.5 Å². The molecular formula is C23H30BrNO5S. The van der Waals surface area contributed by atoms with Crippen molar-refractivity contribution in [2.75, 3.05) is 31.3 Å². The maximum Gasteiger partial charge on any atom is 0.151 e. The molecule has 0 amide bonds. The minimum atomic E-state index is -3.02. The third kappa shape index (κ3) is 7.79. The van der Waals surface area contributed by atoms with Crippen LogP contribution in [0.25, 0.3) is 0 Å². The molecule has 1 saturated heterocycles. The number of benzene rings is 2. The fraction of sp³-hybridized carbons (Fsp3) is 0.478. The second kappa shape index (κ2) is 11.3. The zero-order chi connectivity index (χ0) is 22.3. The van der Waals surface area contributed by atoms with Crippen molar-refractivity contribution in [2.45, 2.75) is 38.5 Å². The molecule has 2 aromatic rings. The topological polar surface area (TPSA) is 76.1 Å². The van der Waals surface area contributed by atoms with Crippen molar-refractivity contribution in [2.24, 2.45) is 0 Å². The number of aliphatic hydroxyl groups excluding tert-OH is 1. The zero-order valence-corrected chi connectivity index (χ0v) is 20.1. The van der Waals surface area contributed by atoms with E-state index >= 15 is 0 Å². The lowest BCUT2D eigenvalue weighted by Crippen LogP contribution is -2.42. The number of halogens is 1. The van der Waals surface area contributed by atoms with Gasteiger partial charge in [0.2, 0.25) is 0 Å². The van der Waals surface area contributed by atoms with Crippen LogP contribution in [0, 0.1) is 0 Å². The Morgan fingerprint density at radius 3 is 2.35 bits per heavy atom. The number of ether oxygens (including phenoxy) is 2. The first-order chi connectivity index (χ1) is 14.8. The van der Waals surface area contributed by atoms with Gasteiger partial charge in [-0.05, 0) is 54.8 Å². The summed E-state index contributed by atoms with van der Waals surface area (Å²) >= 11 is 3.38. The van der Waals surface area contributed by atoms with E-state index in [2.05, 4.69) is 27.8 Å². The Kier molecular flexibility index (Phi) is 8.77. The predicted molar refractivity (Wildman–Crippen MR) is 125 cm³/mol. The summed E-state index contributed by atoms with van der Waals surface area (Å²) in [6.45, 7) is 3.78. The molecule has 170 valence electrons. The third-order valence-corrected chi connectivity index (χ3v) is 7.49. The van der Waals surface area contributed by atoms with Gasteiger partial charge >= 0.3 is 0 Å². The average molecular weight is 512 g/mol. The van der Waals surface area contributed by atoms with Crippen LogP contribution in [-0.4, -0.2) is 61.8 Å². The van der Waals surface area contributed by atoms with E-state index in [1.165, 1.54) is 0 Å². The van der Waals surface area contributed by atoms with Gasteiger partial charge in [-0.25, -0.2) is 8.42 Å². The van der Waals surface area contributed by atoms with Crippen LogP contribution in [0.4, 0.5) is 0 Å². The summed E-state index contributed by atoms with van der Waals surface area (Å²) < 4.78 is 36.4. The monoisotopic (exact) mass is 511 g/mol. The zero-order valence-electron chi connectivity index (χ0n) is 17.7. The van der Waals surface area contributed by atoms with Crippen molar-refractivity contribution in [1.82, 2.24) is 4.90 Å². The molecule has 1 fully saturated rings. The van der Waals surface area contributed by atoms with E-state index in [1.807, 2.05) is 48.5 Å². The van der Waals surface area contributed by atoms with Crippen molar-refractivity contribution in [3.63, 3.8) is 0 Å². The van der Waals surface area contributed by atoms with Crippen molar-refractivity contribution in [1.29, 1.82) is 0 Å². The molecule has 0 bridgehead atoms. The molecule has 6 nitrogen and oxygen atoms in total. The van der Waals surface area contributed by atoms with Crippen LogP contribution in [0.15, 0.2) is 53.0 Å². The molecule has 1 aliphatic heterocycles. The summed E-state index contributed by atoms with van der Waals surface area (Å²) in [5.74, 6) is 1.83. The van der Waals surface area contributed by atoms with Crippen molar-refractivity contribution >= 4 is 25.8 Å². The van der Waals surface area contributed by atoms with Crippen molar-refractivity contribution in [3.8, 4) is 11.5 Å². The molecule has 0 saturated carbocycles. The summed E-state index contributed by atoms with van der Waals surface area (Å²) in [5, 5.41) is 10.6. The van der Waals surface area contributed by atoms with Crippen LogP contribution in [0.1, 0.15) is 25.3 Å². The molecule has 2 aromatic carbocycles. The van der Waals surface area contributed by atoms with E-state index in [0.717, 1.165) is 22.2 Å². The van der Waals surface area contributed by atoms with Gasteiger partial charge in [-0.3, -0.25) is 4.90 Å². The summed E-state index contributed by atoms with van der Waals surface area (Å²) in [7, 11) is -3.02. The first-order valence-corrected chi connectivity index (χ1v) is 13.2. The highest BCUT2D eigenvalue weighted by Crippen LogP contribution is 2.22. The quantitative estimate of drug-likeness (QED) is 0.495. The third-order valence-electron chi connectivity index (χ3n) is 5.21. The maximum atomic E-state index is 12.0. The molecule has 1 N–H and O–H groups in total. The van der Waals surface area contributed by atoms with Gasteiger partial charge in [-0.15, -0.1) is 0 Å². The van der Waals surface area contributed by atoms with Crippen molar-refractivity contribution < 1.29 is 23.0 Å². The smallest absolute Gasteiger partial charge is 0.151 e. The highest BCUT2D eigenvalue weighted by Gasteiger charge is 2.33. The Labute approximate surface area is 193 Å². The molecule has 31 heavy (non-hydrogen) atoms. The van der Waals surface area contributed by atoms with Gasteiger partial charge in [-0.2, -0.15) is 0 Å². The van der Waals surface area contributed by atoms with Crippen LogP contribution in [-0.2, 0) is 16.4 Å². The molecular weight excluding hydrogens is 482 g/mol. The standard InChI is InChI=1S/C23H30BrNO5S/c1-2-12-29-22-7-3-18(4-8-22)14-25(20-11-13-31(27,28)17-20)15-21(26)16-30-23-9-5-19(24)6-10-23/h3-10,20-21,26H,2,11-17H2,1H3. The normalized spacial score (nSPS) is 18.8. The molecule has 0 radical (unpaired) electrons. The molecule has 2 unspecified atom stereocenters. The Morgan fingerprint density at radius 2 is 1.74 bits per heavy atom. The second-order valence-corrected chi connectivity index (χ2v) is 11.0. The van der Waals surface area contributed by atoms with Crippen LogP contribution in [0.2, 0.25) is 0 Å². The van der Waals surface area contributed by atoms with Crippen LogP contribution in [0.3, 0.4) is 0 Å². The first kappa shape index (κ1) is 24.0. The Bertz CT molecular complexity index is 918. The molecule has 0 spiro atoms. The van der Waals surface area contributed by atoms with E-state index in [0.29, 0.717) is 31.9 Å². The minimum absolute atomic E-state index is 0.108. The second-order valence-electron chi connectivity index (χ2n) is 7.90. The maximum absolute atomic E-state index is 12.0. The van der Waals surface area contributed by atoms with Crippen LogP contribution in [0.5, 0.6) is 11.5 Å². The SMILES string of the molecule is CCCOc1ccc(CN(CC(O)COc2ccc(Br)cc2)C2CCS(=O)(=O)C2)cc1. The predicted octanol–water partition coefficient (Wildman–Crippen LogP) is 3.67. The van der Waals surface area contributed by atoms with Gasteiger partial charge in [-0.1, -0.05) is 35.0 Å². The molecule has 0 aromatic heterocycles. The molecule has 8 heteroatoms. The van der Waals surface area contributed by atoms with E-state index < -0.39 is 15.9 Å². The van der Waals surface area contributed by atoms with E-state index in [1.54, 1.807) is 0 Å². The molecule has 1 aliphatic rings.